The zero-order valence-corrected chi connectivity index (χ0v) is 14.4. The molecular weight excluding hydrogens is 306 g/mol. The number of carboxylic acid groups (broad SMARTS) is 1. The topological polar surface area (TPSA) is 65.9 Å². The number of hydrogen-bond donors (Lipinski definition) is 1. The summed E-state index contributed by atoms with van der Waals surface area (Å²) in [5.74, 6) is 1.81. The zero-order valence-electron chi connectivity index (χ0n) is 14.4. The van der Waals surface area contributed by atoms with Gasteiger partial charge in [-0.25, -0.2) is 9.78 Å². The number of aryl methyl sites for hydroxylation is 1. The van der Waals surface area contributed by atoms with Crippen LogP contribution in [0, 0.1) is 12.8 Å². The van der Waals surface area contributed by atoms with Crippen molar-refractivity contribution in [3.8, 4) is 0 Å². The number of nitrogens with zero attached hydrogens (tertiary/aromatic N) is 3. The highest BCUT2D eigenvalue weighted by atomic mass is 16.5. The minimum atomic E-state index is -0.823. The molecule has 3 heterocycles. The van der Waals surface area contributed by atoms with Gasteiger partial charge in [0.25, 0.3) is 0 Å². The molecule has 0 aromatic carbocycles. The fourth-order valence-electron chi connectivity index (χ4n) is 3.96. The number of piperazine rings is 1. The number of hydrogen-bond acceptors (Lipinski definition) is 4. The number of anilines is 1. The van der Waals surface area contributed by atoms with E-state index in [1.807, 2.05) is 6.92 Å². The zero-order chi connectivity index (χ0) is 16.8. The van der Waals surface area contributed by atoms with Gasteiger partial charge in [-0.15, -0.1) is 0 Å². The van der Waals surface area contributed by atoms with Crippen LogP contribution in [0.15, 0.2) is 6.07 Å². The van der Waals surface area contributed by atoms with Gasteiger partial charge in [0.2, 0.25) is 0 Å². The molecule has 6 heteroatoms. The van der Waals surface area contributed by atoms with Crippen LogP contribution in [-0.2, 0) is 17.8 Å². The molecule has 2 atom stereocenters. The molecule has 0 bridgehead atoms. The van der Waals surface area contributed by atoms with Gasteiger partial charge in [-0.2, -0.15) is 0 Å². The number of ether oxygens (including phenoxy) is 1. The highest BCUT2D eigenvalue weighted by Gasteiger charge is 2.40. The minimum Gasteiger partial charge on any atom is -0.465 e. The summed E-state index contributed by atoms with van der Waals surface area (Å²) in [6.07, 6.45) is 2.65. The van der Waals surface area contributed by atoms with Gasteiger partial charge >= 0.3 is 6.09 Å². The minimum absolute atomic E-state index is 0.157. The van der Waals surface area contributed by atoms with Crippen molar-refractivity contribution in [2.24, 2.45) is 5.92 Å². The lowest BCUT2D eigenvalue weighted by molar-refractivity contribution is 0.110. The molecule has 0 spiro atoms. The molecular formula is C18H25N3O3. The van der Waals surface area contributed by atoms with Crippen molar-refractivity contribution in [2.75, 3.05) is 24.6 Å². The molecule has 130 valence electrons. The Kier molecular flexibility index (Phi) is 3.87. The van der Waals surface area contributed by atoms with Crippen molar-refractivity contribution < 1.29 is 14.6 Å². The number of rotatable bonds is 4. The van der Waals surface area contributed by atoms with E-state index < -0.39 is 6.09 Å². The SMILES string of the molecule is Cc1nc2c(cc1COCC1CC1)C[C@@H]1CN(C(=O)O)C[C@@H](C)N21. The third kappa shape index (κ3) is 2.83. The van der Waals surface area contributed by atoms with Crippen LogP contribution in [-0.4, -0.2) is 52.9 Å². The smallest absolute Gasteiger partial charge is 0.407 e. The summed E-state index contributed by atoms with van der Waals surface area (Å²) >= 11 is 0. The first-order valence-corrected chi connectivity index (χ1v) is 8.86. The molecule has 1 saturated heterocycles. The molecule has 1 aromatic rings. The van der Waals surface area contributed by atoms with E-state index in [9.17, 15) is 9.90 Å². The summed E-state index contributed by atoms with van der Waals surface area (Å²) in [7, 11) is 0. The first kappa shape index (κ1) is 15.7. The first-order valence-electron chi connectivity index (χ1n) is 8.86. The summed E-state index contributed by atoms with van der Waals surface area (Å²) < 4.78 is 5.83. The Bertz CT molecular complexity index is 659. The maximum absolute atomic E-state index is 11.3. The molecule has 1 aliphatic carbocycles. The van der Waals surface area contributed by atoms with Crippen LogP contribution in [0.25, 0.3) is 0 Å². The molecule has 3 aliphatic rings. The second-order valence-corrected chi connectivity index (χ2v) is 7.48. The molecule has 0 radical (unpaired) electrons. The summed E-state index contributed by atoms with van der Waals surface area (Å²) in [5, 5.41) is 9.30. The van der Waals surface area contributed by atoms with Crippen molar-refractivity contribution in [1.82, 2.24) is 9.88 Å². The van der Waals surface area contributed by atoms with E-state index in [4.69, 9.17) is 9.72 Å². The fraction of sp³-hybridized carbons (Fsp3) is 0.667. The number of amides is 1. The molecule has 6 nitrogen and oxygen atoms in total. The fourth-order valence-corrected chi connectivity index (χ4v) is 3.96. The predicted molar refractivity (Wildman–Crippen MR) is 90.4 cm³/mol. The molecule has 4 rings (SSSR count). The largest absolute Gasteiger partial charge is 0.465 e. The van der Waals surface area contributed by atoms with E-state index in [2.05, 4.69) is 17.9 Å². The van der Waals surface area contributed by atoms with Crippen molar-refractivity contribution in [3.05, 3.63) is 22.9 Å². The lowest BCUT2D eigenvalue weighted by atomic mass is 10.1. The number of carbonyl (C=O) groups is 1. The third-order valence-electron chi connectivity index (χ3n) is 5.44. The molecule has 0 unspecified atom stereocenters. The van der Waals surface area contributed by atoms with Crippen LogP contribution in [0.5, 0.6) is 0 Å². The van der Waals surface area contributed by atoms with Crippen molar-refractivity contribution in [3.63, 3.8) is 0 Å². The van der Waals surface area contributed by atoms with Crippen molar-refractivity contribution in [2.45, 2.75) is 51.8 Å². The van der Waals surface area contributed by atoms with Gasteiger partial charge in [0.15, 0.2) is 0 Å². The van der Waals surface area contributed by atoms with Crippen LogP contribution in [0.2, 0.25) is 0 Å². The Labute approximate surface area is 142 Å². The second-order valence-electron chi connectivity index (χ2n) is 7.48. The second kappa shape index (κ2) is 5.92. The Balaban J connectivity index is 1.52. The molecule has 1 N–H and O–H groups in total. The molecule has 24 heavy (non-hydrogen) atoms. The summed E-state index contributed by atoms with van der Waals surface area (Å²) in [5.41, 5.74) is 3.42. The maximum Gasteiger partial charge on any atom is 0.407 e. The van der Waals surface area contributed by atoms with Gasteiger partial charge in [0.1, 0.15) is 5.82 Å². The average molecular weight is 331 g/mol. The summed E-state index contributed by atoms with van der Waals surface area (Å²) in [6, 6.07) is 2.58. The predicted octanol–water partition coefficient (Wildman–Crippen LogP) is 2.43. The monoisotopic (exact) mass is 331 g/mol. The highest BCUT2D eigenvalue weighted by molar-refractivity contribution is 5.67. The van der Waals surface area contributed by atoms with Crippen LogP contribution in [0.3, 0.4) is 0 Å². The van der Waals surface area contributed by atoms with Gasteiger partial charge in [-0.05, 0) is 56.2 Å². The van der Waals surface area contributed by atoms with Gasteiger partial charge in [0, 0.05) is 31.4 Å². The van der Waals surface area contributed by atoms with Gasteiger partial charge in [0.05, 0.1) is 12.6 Å². The molecule has 1 saturated carbocycles. The Morgan fingerprint density at radius 3 is 2.92 bits per heavy atom. The first-order chi connectivity index (χ1) is 11.5. The number of fused-ring (bicyclic) bond motifs is 3. The van der Waals surface area contributed by atoms with Crippen LogP contribution < -0.4 is 4.90 Å². The number of aromatic nitrogens is 1. The third-order valence-corrected chi connectivity index (χ3v) is 5.44. The quantitative estimate of drug-likeness (QED) is 0.918. The summed E-state index contributed by atoms with van der Waals surface area (Å²) in [4.78, 5) is 20.0. The van der Waals surface area contributed by atoms with Crippen molar-refractivity contribution >= 4 is 11.9 Å². The maximum atomic E-state index is 11.3. The lowest BCUT2D eigenvalue weighted by Crippen LogP contribution is -2.58. The van der Waals surface area contributed by atoms with Gasteiger partial charge in [-0.1, -0.05) is 0 Å². The highest BCUT2D eigenvalue weighted by Crippen LogP contribution is 2.36. The van der Waals surface area contributed by atoms with E-state index in [0.29, 0.717) is 19.7 Å². The van der Waals surface area contributed by atoms with Crippen LogP contribution >= 0.6 is 0 Å². The molecule has 2 aliphatic heterocycles. The molecule has 2 fully saturated rings. The van der Waals surface area contributed by atoms with Crippen molar-refractivity contribution in [1.29, 1.82) is 0 Å². The summed E-state index contributed by atoms with van der Waals surface area (Å²) in [6.45, 7) is 6.71. The van der Waals surface area contributed by atoms with Gasteiger partial charge < -0.3 is 19.6 Å². The van der Waals surface area contributed by atoms with E-state index >= 15 is 0 Å². The lowest BCUT2D eigenvalue weighted by Gasteiger charge is -2.42. The standard InChI is InChI=1S/C18H25N3O3/c1-11-7-20(18(22)23)8-16-6-14-5-15(10-24-9-13-3-4-13)12(2)19-17(14)21(11)16/h5,11,13,16H,3-4,6-10H2,1-2H3,(H,22,23)/t11-,16-/m1/s1. The Morgan fingerprint density at radius 1 is 1.42 bits per heavy atom. The normalized spacial score (nSPS) is 25.6. The van der Waals surface area contributed by atoms with Gasteiger partial charge in [-0.3, -0.25) is 0 Å². The van der Waals surface area contributed by atoms with E-state index in [0.717, 1.165) is 36.0 Å². The van der Waals surface area contributed by atoms with E-state index in [-0.39, 0.29) is 12.1 Å². The van der Waals surface area contributed by atoms with Crippen LogP contribution in [0.1, 0.15) is 36.6 Å². The van der Waals surface area contributed by atoms with Crippen LogP contribution in [0.4, 0.5) is 10.6 Å². The van der Waals surface area contributed by atoms with E-state index in [1.165, 1.54) is 23.3 Å². The number of pyridine rings is 1. The average Bonchev–Trinajstić information content (AvgIpc) is 3.27. The Hall–Kier alpha value is -1.82. The van der Waals surface area contributed by atoms with E-state index in [1.54, 1.807) is 0 Å². The molecule has 1 aromatic heterocycles. The Morgan fingerprint density at radius 2 is 2.21 bits per heavy atom. The molecule has 1 amide bonds.